The van der Waals surface area contributed by atoms with E-state index in [9.17, 15) is 9.90 Å². The summed E-state index contributed by atoms with van der Waals surface area (Å²) in [6.07, 6.45) is 1.36. The van der Waals surface area contributed by atoms with Crippen molar-refractivity contribution in [3.05, 3.63) is 41.1 Å². The van der Waals surface area contributed by atoms with Crippen LogP contribution in [0.1, 0.15) is 0 Å². The Bertz CT molecular complexity index is 455. The van der Waals surface area contributed by atoms with Crippen LogP contribution in [-0.2, 0) is 5.11 Å². The Labute approximate surface area is 73.3 Å². The molecule has 0 bridgehead atoms. The number of aromatic nitrogens is 3. The molecule has 0 aliphatic carbocycles. The van der Waals surface area contributed by atoms with Gasteiger partial charge in [0, 0.05) is 0 Å². The Kier molecular flexibility index (Phi) is 1.63. The zero-order chi connectivity index (χ0) is 9.26. The van der Waals surface area contributed by atoms with Crippen molar-refractivity contribution in [2.75, 3.05) is 0 Å². The fourth-order valence-corrected chi connectivity index (χ4v) is 1.04. The minimum absolute atomic E-state index is 0.0831. The second kappa shape index (κ2) is 2.78. The molecule has 1 heterocycles. The largest absolute Gasteiger partial charge is 0.347 e. The van der Waals surface area contributed by atoms with Crippen molar-refractivity contribution < 1.29 is 5.11 Å². The Hall–Kier alpha value is -2.04. The number of nitrogens with zero attached hydrogens (tertiary/aromatic N) is 2. The summed E-state index contributed by atoms with van der Waals surface area (Å²) in [4.78, 5) is 11.1. The third kappa shape index (κ3) is 1.31. The quantitative estimate of drug-likeness (QED) is 0.694. The summed E-state index contributed by atoms with van der Waals surface area (Å²) < 4.78 is 1.32. The van der Waals surface area contributed by atoms with Gasteiger partial charge in [0.25, 0.3) is 0 Å². The SMILES string of the molecule is [O]c1ccc(-n2cn[nH]c2=O)cc1. The van der Waals surface area contributed by atoms with E-state index < -0.39 is 0 Å². The third-order valence-electron chi connectivity index (χ3n) is 1.67. The molecule has 5 heteroatoms. The van der Waals surface area contributed by atoms with Gasteiger partial charge >= 0.3 is 5.69 Å². The lowest BCUT2D eigenvalue weighted by atomic mass is 10.3. The van der Waals surface area contributed by atoms with E-state index in [1.807, 2.05) is 0 Å². The van der Waals surface area contributed by atoms with Gasteiger partial charge in [0.05, 0.1) is 5.69 Å². The first-order valence-electron chi connectivity index (χ1n) is 3.67. The third-order valence-corrected chi connectivity index (χ3v) is 1.67. The second-order valence-electron chi connectivity index (χ2n) is 2.53. The zero-order valence-corrected chi connectivity index (χ0v) is 6.60. The summed E-state index contributed by atoms with van der Waals surface area (Å²) in [7, 11) is 0. The van der Waals surface area contributed by atoms with Gasteiger partial charge in [0.15, 0.2) is 5.75 Å². The van der Waals surface area contributed by atoms with E-state index in [1.165, 1.54) is 23.0 Å². The molecule has 0 unspecified atom stereocenters. The van der Waals surface area contributed by atoms with Gasteiger partial charge in [-0.05, 0) is 24.3 Å². The van der Waals surface area contributed by atoms with Gasteiger partial charge < -0.3 is 0 Å². The van der Waals surface area contributed by atoms with Crippen molar-refractivity contribution in [2.24, 2.45) is 0 Å². The molecule has 1 aromatic carbocycles. The van der Waals surface area contributed by atoms with E-state index in [0.717, 1.165) is 0 Å². The van der Waals surface area contributed by atoms with Crippen molar-refractivity contribution in [1.29, 1.82) is 0 Å². The smallest absolute Gasteiger partial charge is 0.290 e. The standard InChI is InChI=1S/C8H6N3O2/c12-7-3-1-6(2-4-7)11-5-9-10-8(11)13/h1-5H,(H,10,13). The van der Waals surface area contributed by atoms with Crippen LogP contribution in [0.2, 0.25) is 0 Å². The highest BCUT2D eigenvalue weighted by Crippen LogP contribution is 2.11. The highest BCUT2D eigenvalue weighted by molar-refractivity contribution is 5.35. The number of aromatic amines is 1. The number of H-pyrrole nitrogens is 1. The molecule has 13 heavy (non-hydrogen) atoms. The van der Waals surface area contributed by atoms with Gasteiger partial charge in [-0.1, -0.05) is 0 Å². The van der Waals surface area contributed by atoms with E-state index in [2.05, 4.69) is 10.2 Å². The molecule has 0 amide bonds. The average Bonchev–Trinajstić information content (AvgIpc) is 2.53. The minimum atomic E-state index is -0.321. The van der Waals surface area contributed by atoms with Crippen LogP contribution in [0.25, 0.3) is 5.69 Å². The average molecular weight is 176 g/mol. The Balaban J connectivity index is 2.54. The van der Waals surface area contributed by atoms with Gasteiger partial charge in [-0.2, -0.15) is 5.10 Å². The molecule has 0 spiro atoms. The van der Waals surface area contributed by atoms with Gasteiger partial charge in [-0.3, -0.25) is 5.11 Å². The predicted octanol–water partition coefficient (Wildman–Crippen LogP) is 0.704. The number of rotatable bonds is 1. The van der Waals surface area contributed by atoms with Crippen molar-refractivity contribution >= 4 is 0 Å². The molecule has 5 nitrogen and oxygen atoms in total. The number of hydrogen-bond acceptors (Lipinski definition) is 2. The molecule has 0 saturated heterocycles. The molecule has 0 aliphatic rings. The molecule has 0 saturated carbocycles. The maximum absolute atomic E-state index is 11.1. The van der Waals surface area contributed by atoms with Crippen LogP contribution < -0.4 is 5.69 Å². The summed E-state index contributed by atoms with van der Waals surface area (Å²) in [6.45, 7) is 0. The first-order chi connectivity index (χ1) is 6.27. The van der Waals surface area contributed by atoms with Crippen molar-refractivity contribution in [3.8, 4) is 11.4 Å². The van der Waals surface area contributed by atoms with Crippen LogP contribution in [0.4, 0.5) is 0 Å². The van der Waals surface area contributed by atoms with Gasteiger partial charge in [0.1, 0.15) is 6.33 Å². The van der Waals surface area contributed by atoms with Crippen LogP contribution in [0.3, 0.4) is 0 Å². The van der Waals surface area contributed by atoms with Crippen LogP contribution >= 0.6 is 0 Å². The first-order valence-corrected chi connectivity index (χ1v) is 3.67. The summed E-state index contributed by atoms with van der Waals surface area (Å²) in [5.41, 5.74) is 0.303. The van der Waals surface area contributed by atoms with Crippen molar-refractivity contribution in [1.82, 2.24) is 14.8 Å². The highest BCUT2D eigenvalue weighted by Gasteiger charge is 1.99. The lowest BCUT2D eigenvalue weighted by molar-refractivity contribution is 0.355. The van der Waals surface area contributed by atoms with Gasteiger partial charge in [0.2, 0.25) is 0 Å². The molecule has 2 aromatic rings. The normalized spacial score (nSPS) is 10.2. The highest BCUT2D eigenvalue weighted by atomic mass is 16.3. The lowest BCUT2D eigenvalue weighted by Crippen LogP contribution is -2.13. The van der Waals surface area contributed by atoms with E-state index in [1.54, 1.807) is 12.1 Å². The number of nitrogens with one attached hydrogen (secondary N) is 1. The zero-order valence-electron chi connectivity index (χ0n) is 6.60. The molecule has 1 N–H and O–H groups in total. The fourth-order valence-electron chi connectivity index (χ4n) is 1.04. The maximum Gasteiger partial charge on any atom is 0.347 e. The summed E-state index contributed by atoms with van der Waals surface area (Å²) in [5, 5.41) is 16.6. The number of hydrogen-bond donors (Lipinski definition) is 1. The van der Waals surface area contributed by atoms with Crippen LogP contribution in [-0.4, -0.2) is 14.8 Å². The minimum Gasteiger partial charge on any atom is -0.290 e. The van der Waals surface area contributed by atoms with E-state index in [0.29, 0.717) is 5.69 Å². The molecule has 2 rings (SSSR count). The molecular weight excluding hydrogens is 170 g/mol. The maximum atomic E-state index is 11.1. The molecule has 0 fully saturated rings. The first kappa shape index (κ1) is 7.60. The van der Waals surface area contributed by atoms with E-state index in [-0.39, 0.29) is 11.4 Å². The van der Waals surface area contributed by atoms with Crippen molar-refractivity contribution in [2.45, 2.75) is 0 Å². The van der Waals surface area contributed by atoms with Crippen LogP contribution in [0.5, 0.6) is 5.75 Å². The molecule has 1 aromatic heterocycles. The summed E-state index contributed by atoms with van der Waals surface area (Å²) in [6, 6.07) is 5.93. The summed E-state index contributed by atoms with van der Waals surface area (Å²) in [5.74, 6) is -0.0831. The number of benzene rings is 1. The lowest BCUT2D eigenvalue weighted by Gasteiger charge is -1.97. The van der Waals surface area contributed by atoms with Gasteiger partial charge in [-0.15, -0.1) is 0 Å². The molecule has 0 atom stereocenters. The van der Waals surface area contributed by atoms with Crippen LogP contribution in [0, 0.1) is 0 Å². The van der Waals surface area contributed by atoms with Crippen LogP contribution in [0.15, 0.2) is 35.4 Å². The molecule has 65 valence electrons. The van der Waals surface area contributed by atoms with Crippen molar-refractivity contribution in [3.63, 3.8) is 0 Å². The topological polar surface area (TPSA) is 70.6 Å². The van der Waals surface area contributed by atoms with Gasteiger partial charge in [-0.25, -0.2) is 14.5 Å². The molecular formula is C8H6N3O2. The second-order valence-corrected chi connectivity index (χ2v) is 2.53. The predicted molar refractivity (Wildman–Crippen MR) is 44.3 cm³/mol. The Morgan fingerprint density at radius 1 is 1.23 bits per heavy atom. The molecule has 0 aliphatic heterocycles. The fraction of sp³-hybridized carbons (Fsp3) is 0. The summed E-state index contributed by atoms with van der Waals surface area (Å²) >= 11 is 0. The van der Waals surface area contributed by atoms with E-state index in [4.69, 9.17) is 0 Å². The van der Waals surface area contributed by atoms with E-state index >= 15 is 0 Å². The monoisotopic (exact) mass is 176 g/mol. The Morgan fingerprint density at radius 3 is 2.46 bits per heavy atom. The Morgan fingerprint density at radius 2 is 1.92 bits per heavy atom. The molecule has 1 radical (unpaired) electrons.